The monoisotopic (exact) mass is 396 g/mol. The number of hydrogen-bond acceptors (Lipinski definition) is 4. The number of amides is 2. The van der Waals surface area contributed by atoms with E-state index in [0.29, 0.717) is 30.6 Å². The molecule has 2 aromatic carbocycles. The number of Topliss-reactive ketones (excluding diaryl/α,β-unsaturated/α-hetero) is 1. The number of rotatable bonds is 8. The van der Waals surface area contributed by atoms with Crippen molar-refractivity contribution in [3.05, 3.63) is 70.8 Å². The molecule has 0 unspecified atom stereocenters. The van der Waals surface area contributed by atoms with Crippen LogP contribution in [0.4, 0.5) is 0 Å². The van der Waals surface area contributed by atoms with Gasteiger partial charge in [-0.1, -0.05) is 36.4 Å². The highest BCUT2D eigenvalue weighted by atomic mass is 32.2. The Morgan fingerprint density at radius 2 is 1.96 bits per heavy atom. The van der Waals surface area contributed by atoms with Gasteiger partial charge in [-0.05, 0) is 48.6 Å². The van der Waals surface area contributed by atoms with Crippen molar-refractivity contribution >= 4 is 29.4 Å². The lowest BCUT2D eigenvalue weighted by Crippen LogP contribution is -2.47. The Labute approximate surface area is 169 Å². The van der Waals surface area contributed by atoms with E-state index in [4.69, 9.17) is 0 Å². The van der Waals surface area contributed by atoms with E-state index in [1.807, 2.05) is 42.7 Å². The molecule has 2 aromatic rings. The Morgan fingerprint density at radius 1 is 1.18 bits per heavy atom. The van der Waals surface area contributed by atoms with Gasteiger partial charge in [0.05, 0.1) is 0 Å². The van der Waals surface area contributed by atoms with Crippen LogP contribution >= 0.6 is 11.8 Å². The SMILES string of the molecule is CSCC[C@@H](C(=O)NCc1cccc(C(C)=O)c1)N1Cc2ccccc2C1=O. The molecule has 0 spiro atoms. The Balaban J connectivity index is 1.71. The van der Waals surface area contributed by atoms with Gasteiger partial charge in [-0.15, -0.1) is 0 Å². The number of fused-ring (bicyclic) bond motifs is 1. The Bertz CT molecular complexity index is 897. The third-order valence-electron chi connectivity index (χ3n) is 4.92. The maximum atomic E-state index is 12.9. The minimum atomic E-state index is -0.511. The molecule has 0 radical (unpaired) electrons. The van der Waals surface area contributed by atoms with E-state index in [9.17, 15) is 14.4 Å². The highest BCUT2D eigenvalue weighted by molar-refractivity contribution is 7.98. The van der Waals surface area contributed by atoms with Gasteiger partial charge in [0.25, 0.3) is 5.91 Å². The summed E-state index contributed by atoms with van der Waals surface area (Å²) in [5, 5.41) is 2.94. The van der Waals surface area contributed by atoms with Crippen LogP contribution in [-0.4, -0.2) is 40.5 Å². The first-order valence-electron chi connectivity index (χ1n) is 9.26. The third-order valence-corrected chi connectivity index (χ3v) is 5.57. The first kappa shape index (κ1) is 20.1. The van der Waals surface area contributed by atoms with Gasteiger partial charge in [-0.2, -0.15) is 11.8 Å². The van der Waals surface area contributed by atoms with Gasteiger partial charge in [-0.3, -0.25) is 14.4 Å². The largest absolute Gasteiger partial charge is 0.350 e. The smallest absolute Gasteiger partial charge is 0.255 e. The van der Waals surface area contributed by atoms with Crippen LogP contribution < -0.4 is 5.32 Å². The van der Waals surface area contributed by atoms with E-state index in [1.165, 1.54) is 6.92 Å². The zero-order valence-electron chi connectivity index (χ0n) is 16.1. The van der Waals surface area contributed by atoms with Gasteiger partial charge < -0.3 is 10.2 Å². The van der Waals surface area contributed by atoms with Crippen LogP contribution in [0.5, 0.6) is 0 Å². The molecular weight excluding hydrogens is 372 g/mol. The van der Waals surface area contributed by atoms with Crippen molar-refractivity contribution in [1.29, 1.82) is 0 Å². The topological polar surface area (TPSA) is 66.5 Å². The number of benzene rings is 2. The predicted octanol–water partition coefficient (Wildman–Crippen LogP) is 3.28. The standard InChI is InChI=1S/C22H24N2O3S/c1-15(25)17-8-5-6-16(12-17)13-23-21(26)20(10-11-28-2)24-14-18-7-3-4-9-19(18)22(24)27/h3-9,12,20H,10-11,13-14H2,1-2H3,(H,23,26)/t20-/m0/s1. The van der Waals surface area contributed by atoms with Gasteiger partial charge in [0.1, 0.15) is 6.04 Å². The van der Waals surface area contributed by atoms with Crippen LogP contribution in [0.25, 0.3) is 0 Å². The summed E-state index contributed by atoms with van der Waals surface area (Å²) >= 11 is 1.66. The lowest BCUT2D eigenvalue weighted by Gasteiger charge is -2.27. The Morgan fingerprint density at radius 3 is 2.68 bits per heavy atom. The van der Waals surface area contributed by atoms with Crippen LogP contribution in [0.3, 0.4) is 0 Å². The molecule has 0 saturated carbocycles. The summed E-state index contributed by atoms with van der Waals surface area (Å²) in [6.45, 7) is 2.30. The maximum absolute atomic E-state index is 12.9. The molecule has 28 heavy (non-hydrogen) atoms. The van der Waals surface area contributed by atoms with Crippen molar-refractivity contribution in [3.8, 4) is 0 Å². The van der Waals surface area contributed by atoms with Crippen molar-refractivity contribution < 1.29 is 14.4 Å². The van der Waals surface area contributed by atoms with Gasteiger partial charge in [0.2, 0.25) is 5.91 Å². The normalized spacial score (nSPS) is 13.9. The number of thioether (sulfide) groups is 1. The average Bonchev–Trinajstić information content (AvgIpc) is 3.03. The molecule has 0 saturated heterocycles. The number of carbonyl (C=O) groups is 3. The number of nitrogens with one attached hydrogen (secondary N) is 1. The molecule has 0 aliphatic carbocycles. The van der Waals surface area contributed by atoms with Crippen molar-refractivity contribution in [2.45, 2.75) is 32.5 Å². The fourth-order valence-corrected chi connectivity index (χ4v) is 3.85. The second-order valence-corrected chi connectivity index (χ2v) is 7.85. The number of hydrogen-bond donors (Lipinski definition) is 1. The summed E-state index contributed by atoms with van der Waals surface area (Å²) in [7, 11) is 0. The summed E-state index contributed by atoms with van der Waals surface area (Å²) in [6.07, 6.45) is 2.59. The van der Waals surface area contributed by atoms with E-state index in [0.717, 1.165) is 16.9 Å². The molecule has 0 bridgehead atoms. The second-order valence-electron chi connectivity index (χ2n) is 6.86. The molecule has 2 amide bonds. The van der Waals surface area contributed by atoms with Crippen LogP contribution in [0.2, 0.25) is 0 Å². The van der Waals surface area contributed by atoms with Crippen molar-refractivity contribution in [1.82, 2.24) is 10.2 Å². The van der Waals surface area contributed by atoms with Crippen molar-refractivity contribution in [2.75, 3.05) is 12.0 Å². The minimum absolute atomic E-state index is 0.00792. The van der Waals surface area contributed by atoms with Crippen LogP contribution in [0.1, 0.15) is 45.2 Å². The highest BCUT2D eigenvalue weighted by Crippen LogP contribution is 2.26. The van der Waals surface area contributed by atoms with Gasteiger partial charge >= 0.3 is 0 Å². The van der Waals surface area contributed by atoms with Gasteiger partial charge in [0, 0.05) is 24.2 Å². The molecule has 5 nitrogen and oxygen atoms in total. The summed E-state index contributed by atoms with van der Waals surface area (Å²) in [5.41, 5.74) is 3.12. The molecule has 1 atom stereocenters. The first-order valence-corrected chi connectivity index (χ1v) is 10.7. The summed E-state index contributed by atoms with van der Waals surface area (Å²) in [4.78, 5) is 39.0. The Kier molecular flexibility index (Phi) is 6.52. The molecule has 146 valence electrons. The molecule has 1 aliphatic heterocycles. The second kappa shape index (κ2) is 9.06. The summed E-state index contributed by atoms with van der Waals surface area (Å²) in [5.74, 6) is 0.531. The third kappa shape index (κ3) is 4.44. The molecule has 0 fully saturated rings. The minimum Gasteiger partial charge on any atom is -0.350 e. The molecular formula is C22H24N2O3S. The molecule has 1 heterocycles. The molecule has 3 rings (SSSR count). The quantitative estimate of drug-likeness (QED) is 0.696. The maximum Gasteiger partial charge on any atom is 0.255 e. The lowest BCUT2D eigenvalue weighted by molar-refractivity contribution is -0.126. The number of ketones is 1. The molecule has 1 aliphatic rings. The fraction of sp³-hybridized carbons (Fsp3) is 0.318. The first-order chi connectivity index (χ1) is 13.5. The molecule has 0 aromatic heterocycles. The van der Waals surface area contributed by atoms with E-state index in [-0.39, 0.29) is 17.6 Å². The lowest BCUT2D eigenvalue weighted by atomic mass is 10.1. The van der Waals surface area contributed by atoms with E-state index < -0.39 is 6.04 Å². The highest BCUT2D eigenvalue weighted by Gasteiger charge is 2.35. The zero-order chi connectivity index (χ0) is 20.1. The van der Waals surface area contributed by atoms with Crippen molar-refractivity contribution in [2.24, 2.45) is 0 Å². The van der Waals surface area contributed by atoms with Gasteiger partial charge in [0.15, 0.2) is 5.78 Å². The van der Waals surface area contributed by atoms with Crippen LogP contribution in [-0.2, 0) is 17.9 Å². The fourth-order valence-electron chi connectivity index (χ4n) is 3.39. The zero-order valence-corrected chi connectivity index (χ0v) is 16.9. The van der Waals surface area contributed by atoms with E-state index >= 15 is 0 Å². The predicted molar refractivity (Wildman–Crippen MR) is 111 cm³/mol. The van der Waals surface area contributed by atoms with Gasteiger partial charge in [-0.25, -0.2) is 0 Å². The van der Waals surface area contributed by atoms with Crippen LogP contribution in [0.15, 0.2) is 48.5 Å². The molecule has 1 N–H and O–H groups in total. The number of carbonyl (C=O) groups excluding carboxylic acids is 3. The van der Waals surface area contributed by atoms with Crippen LogP contribution in [0, 0.1) is 0 Å². The average molecular weight is 397 g/mol. The molecule has 6 heteroatoms. The summed E-state index contributed by atoms with van der Waals surface area (Å²) < 4.78 is 0. The summed E-state index contributed by atoms with van der Waals surface area (Å²) in [6, 6.07) is 14.2. The number of nitrogens with zero attached hydrogens (tertiary/aromatic N) is 1. The Hall–Kier alpha value is -2.60. The van der Waals surface area contributed by atoms with E-state index in [2.05, 4.69) is 5.32 Å². The van der Waals surface area contributed by atoms with Crippen molar-refractivity contribution in [3.63, 3.8) is 0 Å². The van der Waals surface area contributed by atoms with E-state index in [1.54, 1.807) is 28.8 Å².